The minimum absolute atomic E-state index is 0.280. The van der Waals surface area contributed by atoms with Gasteiger partial charge in [-0.1, -0.05) is 61.7 Å². The number of rotatable bonds is 5. The molecule has 1 aliphatic carbocycles. The van der Waals surface area contributed by atoms with E-state index >= 15 is 0 Å². The van der Waals surface area contributed by atoms with Crippen molar-refractivity contribution in [2.24, 2.45) is 0 Å². The summed E-state index contributed by atoms with van der Waals surface area (Å²) in [6.07, 6.45) is 12.4. The third kappa shape index (κ3) is 3.71. The Morgan fingerprint density at radius 2 is 1.83 bits per heavy atom. The van der Waals surface area contributed by atoms with E-state index in [-0.39, 0.29) is 5.54 Å². The number of hydrogen-bond acceptors (Lipinski definition) is 1. The van der Waals surface area contributed by atoms with Crippen LogP contribution in [0.15, 0.2) is 42.5 Å². The van der Waals surface area contributed by atoms with Gasteiger partial charge in [0, 0.05) is 5.54 Å². The van der Waals surface area contributed by atoms with E-state index in [4.69, 9.17) is 0 Å². The monoisotopic (exact) mass is 243 g/mol. The van der Waals surface area contributed by atoms with Gasteiger partial charge in [0.2, 0.25) is 0 Å². The van der Waals surface area contributed by atoms with E-state index in [9.17, 15) is 0 Å². The van der Waals surface area contributed by atoms with E-state index in [0.717, 1.165) is 13.0 Å². The van der Waals surface area contributed by atoms with E-state index < -0.39 is 0 Å². The highest BCUT2D eigenvalue weighted by atomic mass is 15.0. The van der Waals surface area contributed by atoms with Crippen molar-refractivity contribution in [3.63, 3.8) is 0 Å². The summed E-state index contributed by atoms with van der Waals surface area (Å²) in [5, 5.41) is 3.80. The fourth-order valence-corrected chi connectivity index (χ4v) is 3.00. The standard InChI is InChI=1S/C17H25N/c1-2-12-17(13-7-4-8-14-17)18-15-11-16-9-5-3-6-10-16/h2-3,5-6,9-10,12,18H,4,7-8,11,13-15H2,1H3. The minimum atomic E-state index is 0.280. The molecule has 2 rings (SSSR count). The average Bonchev–Trinajstić information content (AvgIpc) is 2.41. The van der Waals surface area contributed by atoms with Crippen LogP contribution in [-0.4, -0.2) is 12.1 Å². The van der Waals surface area contributed by atoms with Crippen LogP contribution in [0.25, 0.3) is 0 Å². The summed E-state index contributed by atoms with van der Waals surface area (Å²) in [5.41, 5.74) is 1.71. The van der Waals surface area contributed by atoms with E-state index in [1.807, 2.05) is 0 Å². The molecule has 0 aliphatic heterocycles. The maximum Gasteiger partial charge on any atom is 0.0364 e. The third-order valence-corrected chi connectivity index (χ3v) is 3.97. The highest BCUT2D eigenvalue weighted by molar-refractivity contribution is 5.15. The molecule has 18 heavy (non-hydrogen) atoms. The second-order valence-electron chi connectivity index (χ2n) is 5.38. The predicted molar refractivity (Wildman–Crippen MR) is 78.8 cm³/mol. The van der Waals surface area contributed by atoms with Gasteiger partial charge in [-0.3, -0.25) is 0 Å². The molecule has 0 aromatic heterocycles. The maximum absolute atomic E-state index is 3.80. The summed E-state index contributed by atoms with van der Waals surface area (Å²) in [5.74, 6) is 0. The van der Waals surface area contributed by atoms with Crippen LogP contribution in [0.5, 0.6) is 0 Å². The van der Waals surface area contributed by atoms with Crippen LogP contribution in [-0.2, 0) is 6.42 Å². The first-order valence-corrected chi connectivity index (χ1v) is 7.27. The van der Waals surface area contributed by atoms with Gasteiger partial charge >= 0.3 is 0 Å². The van der Waals surface area contributed by atoms with Crippen molar-refractivity contribution in [3.8, 4) is 0 Å². The SMILES string of the molecule is CC=CC1(NCCc2ccccc2)CCCCC1. The fourth-order valence-electron chi connectivity index (χ4n) is 3.00. The topological polar surface area (TPSA) is 12.0 Å². The molecule has 0 unspecified atom stereocenters. The molecule has 0 saturated heterocycles. The maximum atomic E-state index is 3.80. The second-order valence-corrected chi connectivity index (χ2v) is 5.38. The van der Waals surface area contributed by atoms with Crippen LogP contribution in [0.1, 0.15) is 44.6 Å². The number of allylic oxidation sites excluding steroid dienone is 1. The Balaban J connectivity index is 1.86. The summed E-state index contributed by atoms with van der Waals surface area (Å²) in [4.78, 5) is 0. The number of hydrogen-bond donors (Lipinski definition) is 1. The van der Waals surface area contributed by atoms with Crippen molar-refractivity contribution >= 4 is 0 Å². The van der Waals surface area contributed by atoms with Gasteiger partial charge in [0.15, 0.2) is 0 Å². The molecular formula is C17H25N. The van der Waals surface area contributed by atoms with Gasteiger partial charge < -0.3 is 5.32 Å². The molecule has 1 heteroatoms. The largest absolute Gasteiger partial charge is 0.308 e. The minimum Gasteiger partial charge on any atom is -0.308 e. The number of benzene rings is 1. The van der Waals surface area contributed by atoms with Crippen molar-refractivity contribution < 1.29 is 0 Å². The van der Waals surface area contributed by atoms with E-state index in [1.165, 1.54) is 37.7 Å². The van der Waals surface area contributed by atoms with Crippen molar-refractivity contribution in [2.45, 2.75) is 51.0 Å². The van der Waals surface area contributed by atoms with Crippen molar-refractivity contribution in [3.05, 3.63) is 48.0 Å². The molecule has 1 nitrogen and oxygen atoms in total. The smallest absolute Gasteiger partial charge is 0.0364 e. The lowest BCUT2D eigenvalue weighted by molar-refractivity contribution is 0.291. The van der Waals surface area contributed by atoms with Crippen LogP contribution in [0, 0.1) is 0 Å². The second kappa shape index (κ2) is 6.75. The van der Waals surface area contributed by atoms with Gasteiger partial charge in [-0.05, 0) is 38.3 Å². The normalized spacial score (nSPS) is 19.2. The molecule has 0 spiro atoms. The lowest BCUT2D eigenvalue weighted by Gasteiger charge is -2.36. The first-order valence-electron chi connectivity index (χ1n) is 7.27. The lowest BCUT2D eigenvalue weighted by Crippen LogP contribution is -2.45. The molecule has 1 aromatic rings. The lowest BCUT2D eigenvalue weighted by atomic mass is 9.81. The highest BCUT2D eigenvalue weighted by Gasteiger charge is 2.27. The van der Waals surface area contributed by atoms with Gasteiger partial charge in [0.1, 0.15) is 0 Å². The molecule has 98 valence electrons. The molecule has 1 saturated carbocycles. The summed E-state index contributed by atoms with van der Waals surface area (Å²) in [6, 6.07) is 10.8. The van der Waals surface area contributed by atoms with E-state index in [1.54, 1.807) is 0 Å². The van der Waals surface area contributed by atoms with Gasteiger partial charge in [-0.15, -0.1) is 0 Å². The van der Waals surface area contributed by atoms with Crippen LogP contribution >= 0.6 is 0 Å². The summed E-state index contributed by atoms with van der Waals surface area (Å²) in [7, 11) is 0. The molecular weight excluding hydrogens is 218 g/mol. The Kier molecular flexibility index (Phi) is 5.00. The molecule has 1 fully saturated rings. The van der Waals surface area contributed by atoms with E-state index in [0.29, 0.717) is 0 Å². The Morgan fingerprint density at radius 1 is 1.11 bits per heavy atom. The van der Waals surface area contributed by atoms with Gasteiger partial charge in [-0.2, -0.15) is 0 Å². The Bertz CT molecular complexity index is 360. The first-order chi connectivity index (χ1) is 8.85. The van der Waals surface area contributed by atoms with Crippen LogP contribution < -0.4 is 5.32 Å². The zero-order valence-electron chi connectivity index (χ0n) is 11.5. The van der Waals surface area contributed by atoms with Gasteiger partial charge in [-0.25, -0.2) is 0 Å². The fraction of sp³-hybridized carbons (Fsp3) is 0.529. The van der Waals surface area contributed by atoms with Crippen molar-refractivity contribution in [1.29, 1.82) is 0 Å². The molecule has 0 amide bonds. The zero-order chi connectivity index (χ0) is 12.7. The van der Waals surface area contributed by atoms with E-state index in [2.05, 4.69) is 54.7 Å². The Labute approximate surface area is 111 Å². The Morgan fingerprint density at radius 3 is 2.50 bits per heavy atom. The molecule has 0 atom stereocenters. The van der Waals surface area contributed by atoms with Crippen molar-refractivity contribution in [2.75, 3.05) is 6.54 Å². The molecule has 0 heterocycles. The van der Waals surface area contributed by atoms with Gasteiger partial charge in [0.25, 0.3) is 0 Å². The summed E-state index contributed by atoms with van der Waals surface area (Å²) >= 11 is 0. The number of nitrogens with one attached hydrogen (secondary N) is 1. The van der Waals surface area contributed by atoms with Crippen LogP contribution in [0.4, 0.5) is 0 Å². The predicted octanol–water partition coefficient (Wildman–Crippen LogP) is 4.10. The molecule has 0 bridgehead atoms. The zero-order valence-corrected chi connectivity index (χ0v) is 11.5. The van der Waals surface area contributed by atoms with Crippen LogP contribution in [0.2, 0.25) is 0 Å². The Hall–Kier alpha value is -1.08. The highest BCUT2D eigenvalue weighted by Crippen LogP contribution is 2.29. The molecule has 1 N–H and O–H groups in total. The summed E-state index contributed by atoms with van der Waals surface area (Å²) in [6.45, 7) is 3.21. The molecule has 0 radical (unpaired) electrons. The quantitative estimate of drug-likeness (QED) is 0.768. The summed E-state index contributed by atoms with van der Waals surface area (Å²) < 4.78 is 0. The third-order valence-electron chi connectivity index (χ3n) is 3.97. The molecule has 1 aliphatic rings. The first kappa shape index (κ1) is 13.4. The van der Waals surface area contributed by atoms with Gasteiger partial charge in [0.05, 0.1) is 0 Å². The van der Waals surface area contributed by atoms with Crippen LogP contribution in [0.3, 0.4) is 0 Å². The van der Waals surface area contributed by atoms with Crippen molar-refractivity contribution in [1.82, 2.24) is 5.32 Å². The molecule has 1 aromatic carbocycles. The average molecular weight is 243 g/mol.